The number of hydrogen-bond donors (Lipinski definition) is 0. The first-order valence-corrected chi connectivity index (χ1v) is 6.18. The van der Waals surface area contributed by atoms with Gasteiger partial charge in [0.25, 0.3) is 0 Å². The van der Waals surface area contributed by atoms with Crippen LogP contribution in [0.3, 0.4) is 0 Å². The van der Waals surface area contributed by atoms with Gasteiger partial charge in [-0.1, -0.05) is 38.0 Å². The molecule has 0 spiro atoms. The molecule has 0 fully saturated rings. The van der Waals surface area contributed by atoms with Crippen LogP contribution in [0.5, 0.6) is 0 Å². The molecule has 0 amide bonds. The predicted octanol–water partition coefficient (Wildman–Crippen LogP) is 4.87. The molecule has 80 valence electrons. The van der Waals surface area contributed by atoms with Gasteiger partial charge in [-0.25, -0.2) is 0 Å². The zero-order chi connectivity index (χ0) is 10.4. The second kappa shape index (κ2) is 6.06. The molecular formula is C14H24. The van der Waals surface area contributed by atoms with E-state index in [1.165, 1.54) is 38.5 Å². The molecule has 0 saturated carbocycles. The lowest BCUT2D eigenvalue weighted by atomic mass is 9.79. The minimum Gasteiger partial charge on any atom is -0.0874 e. The fourth-order valence-corrected chi connectivity index (χ4v) is 2.61. The summed E-state index contributed by atoms with van der Waals surface area (Å²) in [6.45, 7) is 6.73. The molecule has 0 radical (unpaired) electrons. The van der Waals surface area contributed by atoms with Crippen LogP contribution < -0.4 is 0 Å². The summed E-state index contributed by atoms with van der Waals surface area (Å²) in [6, 6.07) is 0. The summed E-state index contributed by atoms with van der Waals surface area (Å²) < 4.78 is 0. The molecule has 0 aromatic carbocycles. The van der Waals surface area contributed by atoms with Gasteiger partial charge in [-0.05, 0) is 50.5 Å². The number of allylic oxidation sites excluding steroid dienone is 4. The van der Waals surface area contributed by atoms with Gasteiger partial charge >= 0.3 is 0 Å². The van der Waals surface area contributed by atoms with Crippen LogP contribution in [0.25, 0.3) is 0 Å². The van der Waals surface area contributed by atoms with Gasteiger partial charge < -0.3 is 0 Å². The maximum atomic E-state index is 2.36. The Balaban J connectivity index is 2.84. The molecule has 1 rings (SSSR count). The first kappa shape index (κ1) is 11.6. The van der Waals surface area contributed by atoms with Crippen molar-refractivity contribution in [1.29, 1.82) is 0 Å². The molecule has 0 heteroatoms. The Kier molecular flexibility index (Phi) is 5.00. The molecule has 0 aromatic heterocycles. The van der Waals surface area contributed by atoms with Crippen molar-refractivity contribution in [1.82, 2.24) is 0 Å². The molecule has 0 saturated heterocycles. The fraction of sp³-hybridized carbons (Fsp3) is 0.714. The summed E-state index contributed by atoms with van der Waals surface area (Å²) in [6.07, 6.45) is 12.7. The molecule has 0 N–H and O–H groups in total. The quantitative estimate of drug-likeness (QED) is 0.596. The van der Waals surface area contributed by atoms with Crippen molar-refractivity contribution in [3.05, 3.63) is 23.3 Å². The van der Waals surface area contributed by atoms with Crippen molar-refractivity contribution in [2.75, 3.05) is 0 Å². The van der Waals surface area contributed by atoms with Gasteiger partial charge in [0.05, 0.1) is 0 Å². The van der Waals surface area contributed by atoms with Crippen LogP contribution in [0, 0.1) is 5.92 Å². The molecule has 14 heavy (non-hydrogen) atoms. The highest BCUT2D eigenvalue weighted by Gasteiger charge is 2.19. The summed E-state index contributed by atoms with van der Waals surface area (Å²) in [7, 11) is 0. The van der Waals surface area contributed by atoms with Crippen molar-refractivity contribution in [2.24, 2.45) is 5.92 Å². The van der Waals surface area contributed by atoms with Gasteiger partial charge in [-0.2, -0.15) is 0 Å². The Labute approximate surface area is 89.1 Å². The molecule has 1 aliphatic rings. The number of hydrogen-bond acceptors (Lipinski definition) is 0. The third-order valence-electron chi connectivity index (χ3n) is 3.29. The third-order valence-corrected chi connectivity index (χ3v) is 3.29. The van der Waals surface area contributed by atoms with Crippen LogP contribution in [-0.4, -0.2) is 0 Å². The van der Waals surface area contributed by atoms with E-state index in [0.717, 1.165) is 5.92 Å². The Morgan fingerprint density at radius 2 is 2.14 bits per heavy atom. The average Bonchev–Trinajstić information content (AvgIpc) is 2.21. The second-order valence-electron chi connectivity index (χ2n) is 4.29. The Morgan fingerprint density at radius 1 is 1.36 bits per heavy atom. The molecule has 0 heterocycles. The van der Waals surface area contributed by atoms with Crippen molar-refractivity contribution < 1.29 is 0 Å². The fourth-order valence-electron chi connectivity index (χ4n) is 2.61. The van der Waals surface area contributed by atoms with E-state index in [1.807, 2.05) is 0 Å². The Hall–Kier alpha value is -0.520. The van der Waals surface area contributed by atoms with E-state index < -0.39 is 0 Å². The third kappa shape index (κ3) is 2.73. The summed E-state index contributed by atoms with van der Waals surface area (Å²) in [4.78, 5) is 0. The van der Waals surface area contributed by atoms with Crippen LogP contribution in [0.2, 0.25) is 0 Å². The SMILES string of the molecule is C/C=C\C1=C(CC)CCCC1CCC. The second-order valence-corrected chi connectivity index (χ2v) is 4.29. The van der Waals surface area contributed by atoms with E-state index in [9.17, 15) is 0 Å². The zero-order valence-electron chi connectivity index (χ0n) is 9.97. The molecule has 0 nitrogen and oxygen atoms in total. The van der Waals surface area contributed by atoms with Crippen LogP contribution >= 0.6 is 0 Å². The van der Waals surface area contributed by atoms with Gasteiger partial charge in [-0.15, -0.1) is 0 Å². The highest BCUT2D eigenvalue weighted by atomic mass is 14.2. The smallest absolute Gasteiger partial charge is 0.0163 e. The molecule has 0 bridgehead atoms. The van der Waals surface area contributed by atoms with Gasteiger partial charge in [0.1, 0.15) is 0 Å². The van der Waals surface area contributed by atoms with E-state index in [0.29, 0.717) is 0 Å². The van der Waals surface area contributed by atoms with Crippen molar-refractivity contribution >= 4 is 0 Å². The van der Waals surface area contributed by atoms with E-state index in [1.54, 1.807) is 11.1 Å². The highest BCUT2D eigenvalue weighted by Crippen LogP contribution is 2.35. The summed E-state index contributed by atoms with van der Waals surface area (Å²) in [5, 5.41) is 0. The maximum absolute atomic E-state index is 2.36. The maximum Gasteiger partial charge on any atom is -0.0163 e. The van der Waals surface area contributed by atoms with Gasteiger partial charge in [0.2, 0.25) is 0 Å². The lowest BCUT2D eigenvalue weighted by molar-refractivity contribution is 0.466. The van der Waals surface area contributed by atoms with E-state index >= 15 is 0 Å². The average molecular weight is 192 g/mol. The largest absolute Gasteiger partial charge is 0.0874 e. The lowest BCUT2D eigenvalue weighted by Crippen LogP contribution is -2.11. The minimum absolute atomic E-state index is 0.861. The van der Waals surface area contributed by atoms with Crippen LogP contribution in [0.15, 0.2) is 23.3 Å². The highest BCUT2D eigenvalue weighted by molar-refractivity contribution is 5.30. The Bertz CT molecular complexity index is 220. The summed E-state index contributed by atoms with van der Waals surface area (Å²) in [5.74, 6) is 0.861. The van der Waals surface area contributed by atoms with Gasteiger partial charge in [0.15, 0.2) is 0 Å². The number of rotatable bonds is 4. The molecular weight excluding hydrogens is 168 g/mol. The first-order valence-electron chi connectivity index (χ1n) is 6.18. The van der Waals surface area contributed by atoms with E-state index in [4.69, 9.17) is 0 Å². The van der Waals surface area contributed by atoms with Crippen LogP contribution in [0.4, 0.5) is 0 Å². The van der Waals surface area contributed by atoms with E-state index in [-0.39, 0.29) is 0 Å². The normalized spacial score (nSPS) is 23.5. The van der Waals surface area contributed by atoms with Gasteiger partial charge in [0, 0.05) is 0 Å². The standard InChI is InChI=1S/C14H24/c1-4-8-13-11-7-10-12(6-3)14(13)9-5-2/h5,9,13H,4,6-8,10-11H2,1-3H3/b9-5-. The molecule has 1 aliphatic carbocycles. The lowest BCUT2D eigenvalue weighted by Gasteiger charge is -2.26. The predicted molar refractivity (Wildman–Crippen MR) is 64.4 cm³/mol. The summed E-state index contributed by atoms with van der Waals surface area (Å²) in [5.41, 5.74) is 3.39. The first-order chi connectivity index (χ1) is 6.83. The topological polar surface area (TPSA) is 0 Å². The molecule has 0 aliphatic heterocycles. The molecule has 1 unspecified atom stereocenters. The van der Waals surface area contributed by atoms with Crippen molar-refractivity contribution in [3.8, 4) is 0 Å². The summed E-state index contributed by atoms with van der Waals surface area (Å²) >= 11 is 0. The molecule has 1 atom stereocenters. The Morgan fingerprint density at radius 3 is 2.71 bits per heavy atom. The van der Waals surface area contributed by atoms with Crippen molar-refractivity contribution in [2.45, 2.75) is 59.3 Å². The molecule has 0 aromatic rings. The van der Waals surface area contributed by atoms with E-state index in [2.05, 4.69) is 32.9 Å². The minimum atomic E-state index is 0.861. The zero-order valence-corrected chi connectivity index (χ0v) is 9.97. The van der Waals surface area contributed by atoms with Crippen LogP contribution in [0.1, 0.15) is 59.3 Å². The van der Waals surface area contributed by atoms with Crippen LogP contribution in [-0.2, 0) is 0 Å². The van der Waals surface area contributed by atoms with Crippen molar-refractivity contribution in [3.63, 3.8) is 0 Å². The monoisotopic (exact) mass is 192 g/mol. The van der Waals surface area contributed by atoms with Gasteiger partial charge in [-0.3, -0.25) is 0 Å².